The predicted octanol–water partition coefficient (Wildman–Crippen LogP) is 1.87. The van der Waals surface area contributed by atoms with Gasteiger partial charge in [0.2, 0.25) is 0 Å². The zero-order valence-electron chi connectivity index (χ0n) is 9.68. The van der Waals surface area contributed by atoms with Crippen molar-refractivity contribution in [3.63, 3.8) is 0 Å². The van der Waals surface area contributed by atoms with E-state index in [-0.39, 0.29) is 12.1 Å². The SMILES string of the molecule is CC1CCCCN1C(=O)NC(=O)c1nccs1. The Bertz CT molecular complexity index is 405. The number of hydrogen-bond donors (Lipinski definition) is 1. The summed E-state index contributed by atoms with van der Waals surface area (Å²) in [4.78, 5) is 29.1. The molecule has 5 nitrogen and oxygen atoms in total. The Hall–Kier alpha value is -1.43. The Morgan fingerprint density at radius 2 is 2.35 bits per heavy atom. The monoisotopic (exact) mass is 253 g/mol. The van der Waals surface area contributed by atoms with E-state index in [1.54, 1.807) is 16.5 Å². The van der Waals surface area contributed by atoms with Crippen LogP contribution in [0.1, 0.15) is 36.0 Å². The van der Waals surface area contributed by atoms with Gasteiger partial charge in [0, 0.05) is 24.2 Å². The molecule has 1 atom stereocenters. The van der Waals surface area contributed by atoms with Crippen LogP contribution in [-0.4, -0.2) is 34.4 Å². The Kier molecular flexibility index (Phi) is 3.73. The lowest BCUT2D eigenvalue weighted by Crippen LogP contribution is -2.49. The molecule has 0 radical (unpaired) electrons. The number of urea groups is 1. The number of carbonyl (C=O) groups is 2. The van der Waals surface area contributed by atoms with Crippen molar-refractivity contribution in [2.45, 2.75) is 32.2 Å². The van der Waals surface area contributed by atoms with Gasteiger partial charge in [0.25, 0.3) is 5.91 Å². The third-order valence-corrected chi connectivity index (χ3v) is 3.68. The first-order chi connectivity index (χ1) is 8.18. The molecule has 0 saturated carbocycles. The average Bonchev–Trinajstić information content (AvgIpc) is 2.82. The quantitative estimate of drug-likeness (QED) is 0.831. The maximum Gasteiger partial charge on any atom is 0.324 e. The fourth-order valence-electron chi connectivity index (χ4n) is 1.96. The van der Waals surface area contributed by atoms with E-state index in [0.29, 0.717) is 5.01 Å². The minimum atomic E-state index is -0.414. The lowest BCUT2D eigenvalue weighted by molar-refractivity contribution is 0.0938. The summed E-state index contributed by atoms with van der Waals surface area (Å²) in [6.07, 6.45) is 4.70. The molecule has 1 fully saturated rings. The zero-order chi connectivity index (χ0) is 12.3. The highest BCUT2D eigenvalue weighted by Gasteiger charge is 2.25. The van der Waals surface area contributed by atoms with Crippen LogP contribution in [0.15, 0.2) is 11.6 Å². The molecule has 0 bridgehead atoms. The zero-order valence-corrected chi connectivity index (χ0v) is 10.5. The number of aromatic nitrogens is 1. The Labute approximate surface area is 104 Å². The second-order valence-electron chi connectivity index (χ2n) is 4.13. The van der Waals surface area contributed by atoms with Crippen LogP contribution in [0.3, 0.4) is 0 Å². The summed E-state index contributed by atoms with van der Waals surface area (Å²) in [5.41, 5.74) is 0. The number of hydrogen-bond acceptors (Lipinski definition) is 4. The van der Waals surface area contributed by atoms with Gasteiger partial charge in [0.05, 0.1) is 0 Å². The number of nitrogens with zero attached hydrogens (tertiary/aromatic N) is 2. The van der Waals surface area contributed by atoms with Gasteiger partial charge >= 0.3 is 6.03 Å². The van der Waals surface area contributed by atoms with Crippen LogP contribution in [-0.2, 0) is 0 Å². The van der Waals surface area contributed by atoms with Crippen LogP contribution in [0.25, 0.3) is 0 Å². The van der Waals surface area contributed by atoms with Gasteiger partial charge in [0.15, 0.2) is 5.01 Å². The van der Waals surface area contributed by atoms with Crippen molar-refractivity contribution in [3.8, 4) is 0 Å². The number of rotatable bonds is 1. The maximum atomic E-state index is 11.9. The van der Waals surface area contributed by atoms with Crippen LogP contribution in [0.5, 0.6) is 0 Å². The summed E-state index contributed by atoms with van der Waals surface area (Å²) in [7, 11) is 0. The molecule has 0 spiro atoms. The molecular weight excluding hydrogens is 238 g/mol. The molecule has 0 aromatic carbocycles. The van der Waals surface area contributed by atoms with Gasteiger partial charge in [-0.1, -0.05) is 0 Å². The van der Waals surface area contributed by atoms with Crippen molar-refractivity contribution in [2.75, 3.05) is 6.54 Å². The Morgan fingerprint density at radius 3 is 3.00 bits per heavy atom. The van der Waals surface area contributed by atoms with Crippen molar-refractivity contribution in [1.82, 2.24) is 15.2 Å². The summed E-state index contributed by atoms with van der Waals surface area (Å²) in [5.74, 6) is -0.414. The van der Waals surface area contributed by atoms with Gasteiger partial charge in [-0.2, -0.15) is 0 Å². The number of imide groups is 1. The largest absolute Gasteiger partial charge is 0.324 e. The molecule has 1 aliphatic heterocycles. The molecule has 17 heavy (non-hydrogen) atoms. The fraction of sp³-hybridized carbons (Fsp3) is 0.545. The van der Waals surface area contributed by atoms with E-state index in [4.69, 9.17) is 0 Å². The van der Waals surface area contributed by atoms with Gasteiger partial charge in [-0.25, -0.2) is 9.78 Å². The third kappa shape index (κ3) is 2.82. The van der Waals surface area contributed by atoms with Crippen LogP contribution < -0.4 is 5.32 Å². The highest BCUT2D eigenvalue weighted by molar-refractivity contribution is 7.11. The molecule has 2 rings (SSSR count). The van der Waals surface area contributed by atoms with Crippen LogP contribution in [0.4, 0.5) is 4.79 Å². The van der Waals surface area contributed by atoms with Crippen molar-refractivity contribution in [2.24, 2.45) is 0 Å². The first-order valence-corrected chi connectivity index (χ1v) is 6.58. The minimum absolute atomic E-state index is 0.202. The van der Waals surface area contributed by atoms with Gasteiger partial charge in [-0.3, -0.25) is 10.1 Å². The van der Waals surface area contributed by atoms with Gasteiger partial charge in [-0.15, -0.1) is 11.3 Å². The number of thiazole rings is 1. The molecule has 3 amide bonds. The summed E-state index contributed by atoms with van der Waals surface area (Å²) in [6.45, 7) is 2.73. The Balaban J connectivity index is 1.94. The van der Waals surface area contributed by atoms with E-state index in [1.807, 2.05) is 6.92 Å². The molecule has 6 heteroatoms. The smallest absolute Gasteiger partial charge is 0.322 e. The highest BCUT2D eigenvalue weighted by Crippen LogP contribution is 2.16. The van der Waals surface area contributed by atoms with Crippen molar-refractivity contribution in [1.29, 1.82) is 0 Å². The predicted molar refractivity (Wildman–Crippen MR) is 65.0 cm³/mol. The minimum Gasteiger partial charge on any atom is -0.322 e. The molecule has 1 N–H and O–H groups in total. The second-order valence-corrected chi connectivity index (χ2v) is 5.03. The van der Waals surface area contributed by atoms with Gasteiger partial charge < -0.3 is 4.90 Å². The van der Waals surface area contributed by atoms with Crippen LogP contribution in [0.2, 0.25) is 0 Å². The summed E-state index contributed by atoms with van der Waals surface area (Å²) >= 11 is 1.23. The van der Waals surface area contributed by atoms with Crippen molar-refractivity contribution < 1.29 is 9.59 Å². The lowest BCUT2D eigenvalue weighted by Gasteiger charge is -2.32. The fourth-order valence-corrected chi connectivity index (χ4v) is 2.49. The summed E-state index contributed by atoms with van der Waals surface area (Å²) < 4.78 is 0. The van der Waals surface area contributed by atoms with E-state index >= 15 is 0 Å². The topological polar surface area (TPSA) is 62.3 Å². The first kappa shape index (κ1) is 12.0. The third-order valence-electron chi connectivity index (χ3n) is 2.91. The normalized spacial score (nSPS) is 20.1. The molecule has 92 valence electrons. The average molecular weight is 253 g/mol. The molecule has 1 aliphatic rings. The molecular formula is C11H15N3O2S. The molecule has 2 heterocycles. The number of amides is 3. The number of likely N-dealkylation sites (tertiary alicyclic amines) is 1. The number of nitrogens with one attached hydrogen (secondary N) is 1. The molecule has 1 unspecified atom stereocenters. The highest BCUT2D eigenvalue weighted by atomic mass is 32.1. The lowest BCUT2D eigenvalue weighted by atomic mass is 10.0. The van der Waals surface area contributed by atoms with E-state index < -0.39 is 5.91 Å². The van der Waals surface area contributed by atoms with E-state index in [9.17, 15) is 9.59 Å². The Morgan fingerprint density at radius 1 is 1.53 bits per heavy atom. The van der Waals surface area contributed by atoms with E-state index in [0.717, 1.165) is 25.8 Å². The van der Waals surface area contributed by atoms with Crippen molar-refractivity contribution in [3.05, 3.63) is 16.6 Å². The molecule has 1 saturated heterocycles. The first-order valence-electron chi connectivity index (χ1n) is 5.70. The number of piperidine rings is 1. The summed E-state index contributed by atoms with van der Waals surface area (Å²) in [5, 5.41) is 4.41. The molecule has 1 aromatic rings. The standard InChI is InChI=1S/C11H15N3O2S/c1-8-4-2-3-6-14(8)11(16)13-9(15)10-12-5-7-17-10/h5,7-8H,2-4,6H2,1H3,(H,13,15,16). The summed E-state index contributed by atoms with van der Waals surface area (Å²) in [6, 6.07) is -0.106. The van der Waals surface area contributed by atoms with Gasteiger partial charge in [-0.05, 0) is 26.2 Å². The molecule has 1 aromatic heterocycles. The van der Waals surface area contributed by atoms with Crippen LogP contribution >= 0.6 is 11.3 Å². The maximum absolute atomic E-state index is 11.9. The van der Waals surface area contributed by atoms with Crippen LogP contribution in [0, 0.1) is 0 Å². The van der Waals surface area contributed by atoms with E-state index in [1.165, 1.54) is 11.3 Å². The molecule has 0 aliphatic carbocycles. The number of carbonyl (C=O) groups excluding carboxylic acids is 2. The van der Waals surface area contributed by atoms with Crippen molar-refractivity contribution >= 4 is 23.3 Å². The second kappa shape index (κ2) is 5.27. The van der Waals surface area contributed by atoms with Gasteiger partial charge in [0.1, 0.15) is 0 Å². The van der Waals surface area contributed by atoms with E-state index in [2.05, 4.69) is 10.3 Å².